The first-order valence-electron chi connectivity index (χ1n) is 6.40. The fourth-order valence-corrected chi connectivity index (χ4v) is 3.15. The lowest BCUT2D eigenvalue weighted by Gasteiger charge is -2.28. The van der Waals surface area contributed by atoms with Crippen molar-refractivity contribution in [1.29, 1.82) is 0 Å². The molecule has 2 nitrogen and oxygen atoms in total. The normalized spacial score (nSPS) is 18.8. The summed E-state index contributed by atoms with van der Waals surface area (Å²) in [5, 5.41) is 1.46. The van der Waals surface area contributed by atoms with Gasteiger partial charge in [0.1, 0.15) is 0 Å². The molecular weight excluding hydrogens is 244 g/mol. The standard InChI is InChI=1S/C15H20N2.ClH/c1-16(2)11-8-9-15-13(10-11)12-6-4-5-7-14(12)17(15)3;/h4-7,11H,8-10H2,1-3H3;1H. The number of hydrogen-bond acceptors (Lipinski definition) is 1. The predicted molar refractivity (Wildman–Crippen MR) is 79.7 cm³/mol. The molecule has 0 N–H and O–H groups in total. The number of rotatable bonds is 1. The molecule has 3 heteroatoms. The van der Waals surface area contributed by atoms with Crippen molar-refractivity contribution < 1.29 is 0 Å². The Morgan fingerprint density at radius 1 is 1.22 bits per heavy atom. The van der Waals surface area contributed by atoms with Gasteiger partial charge in [-0.05, 0) is 45.0 Å². The van der Waals surface area contributed by atoms with Crippen molar-refractivity contribution in [2.24, 2.45) is 7.05 Å². The molecule has 98 valence electrons. The molecule has 1 atom stereocenters. The van der Waals surface area contributed by atoms with E-state index in [4.69, 9.17) is 0 Å². The fraction of sp³-hybridized carbons (Fsp3) is 0.467. The van der Waals surface area contributed by atoms with Crippen LogP contribution in [0.3, 0.4) is 0 Å². The number of likely N-dealkylation sites (N-methyl/N-ethyl adjacent to an activating group) is 1. The van der Waals surface area contributed by atoms with Crippen LogP contribution in [0.1, 0.15) is 17.7 Å². The maximum Gasteiger partial charge on any atom is 0.0482 e. The van der Waals surface area contributed by atoms with Crippen LogP contribution in [0.5, 0.6) is 0 Å². The Morgan fingerprint density at radius 3 is 2.67 bits per heavy atom. The lowest BCUT2D eigenvalue weighted by atomic mass is 9.91. The van der Waals surface area contributed by atoms with Gasteiger partial charge in [0.2, 0.25) is 0 Å². The van der Waals surface area contributed by atoms with Crippen LogP contribution < -0.4 is 0 Å². The lowest BCUT2D eigenvalue weighted by Crippen LogP contribution is -2.33. The summed E-state index contributed by atoms with van der Waals surface area (Å²) in [7, 11) is 6.60. The van der Waals surface area contributed by atoms with Gasteiger partial charge in [-0.2, -0.15) is 0 Å². The van der Waals surface area contributed by atoms with Crippen LogP contribution in [0.15, 0.2) is 24.3 Å². The van der Waals surface area contributed by atoms with Crippen molar-refractivity contribution >= 4 is 23.3 Å². The summed E-state index contributed by atoms with van der Waals surface area (Å²) < 4.78 is 2.39. The molecule has 0 amide bonds. The summed E-state index contributed by atoms with van der Waals surface area (Å²) in [6.45, 7) is 0. The fourth-order valence-electron chi connectivity index (χ4n) is 3.15. The summed E-state index contributed by atoms with van der Waals surface area (Å²) in [5.41, 5.74) is 4.51. The van der Waals surface area contributed by atoms with E-state index in [0.29, 0.717) is 6.04 Å². The van der Waals surface area contributed by atoms with Crippen molar-refractivity contribution in [1.82, 2.24) is 9.47 Å². The van der Waals surface area contributed by atoms with E-state index < -0.39 is 0 Å². The summed E-state index contributed by atoms with van der Waals surface area (Å²) in [4.78, 5) is 2.37. The Kier molecular flexibility index (Phi) is 3.69. The molecule has 1 aromatic carbocycles. The van der Waals surface area contributed by atoms with E-state index in [-0.39, 0.29) is 12.4 Å². The number of fused-ring (bicyclic) bond motifs is 3. The van der Waals surface area contributed by atoms with Gasteiger partial charge < -0.3 is 9.47 Å². The second-order valence-corrected chi connectivity index (χ2v) is 5.36. The molecular formula is C15H21ClN2. The molecule has 1 unspecified atom stereocenters. The lowest BCUT2D eigenvalue weighted by molar-refractivity contribution is 0.267. The van der Waals surface area contributed by atoms with Crippen LogP contribution in [0.4, 0.5) is 0 Å². The minimum Gasteiger partial charge on any atom is -0.347 e. The highest BCUT2D eigenvalue weighted by molar-refractivity contribution is 5.86. The maximum atomic E-state index is 2.39. The second-order valence-electron chi connectivity index (χ2n) is 5.36. The van der Waals surface area contributed by atoms with E-state index in [1.165, 1.54) is 30.2 Å². The van der Waals surface area contributed by atoms with Crippen molar-refractivity contribution in [2.45, 2.75) is 25.3 Å². The zero-order chi connectivity index (χ0) is 12.0. The molecule has 0 spiro atoms. The monoisotopic (exact) mass is 264 g/mol. The van der Waals surface area contributed by atoms with Gasteiger partial charge in [-0.3, -0.25) is 0 Å². The molecule has 1 aliphatic carbocycles. The Bertz CT molecular complexity index is 557. The minimum absolute atomic E-state index is 0. The number of para-hydroxylation sites is 1. The van der Waals surface area contributed by atoms with E-state index in [1.54, 1.807) is 11.3 Å². The SMILES string of the molecule is CN(C)C1CCc2c(c3ccccc3n2C)C1.Cl. The van der Waals surface area contributed by atoms with Gasteiger partial charge in [-0.25, -0.2) is 0 Å². The molecule has 0 bridgehead atoms. The zero-order valence-corrected chi connectivity index (χ0v) is 12.1. The Labute approximate surface area is 115 Å². The smallest absolute Gasteiger partial charge is 0.0482 e. The summed E-state index contributed by atoms with van der Waals surface area (Å²) in [5.74, 6) is 0. The molecule has 1 aliphatic rings. The molecule has 18 heavy (non-hydrogen) atoms. The first kappa shape index (κ1) is 13.4. The third-order valence-corrected chi connectivity index (χ3v) is 4.23. The van der Waals surface area contributed by atoms with Crippen LogP contribution in [0.2, 0.25) is 0 Å². The van der Waals surface area contributed by atoms with Gasteiger partial charge in [0.25, 0.3) is 0 Å². The predicted octanol–water partition coefficient (Wildman–Crippen LogP) is 3.02. The van der Waals surface area contributed by atoms with Crippen molar-refractivity contribution in [3.8, 4) is 0 Å². The topological polar surface area (TPSA) is 8.17 Å². The van der Waals surface area contributed by atoms with E-state index in [2.05, 4.69) is 54.9 Å². The highest BCUT2D eigenvalue weighted by Gasteiger charge is 2.24. The van der Waals surface area contributed by atoms with Crippen LogP contribution in [-0.2, 0) is 19.9 Å². The highest BCUT2D eigenvalue weighted by Crippen LogP contribution is 2.32. The Morgan fingerprint density at radius 2 is 1.94 bits per heavy atom. The molecule has 1 aromatic heterocycles. The van der Waals surface area contributed by atoms with E-state index in [1.807, 2.05) is 0 Å². The van der Waals surface area contributed by atoms with Gasteiger partial charge in [-0.15, -0.1) is 12.4 Å². The van der Waals surface area contributed by atoms with E-state index in [0.717, 1.165) is 0 Å². The zero-order valence-electron chi connectivity index (χ0n) is 11.3. The average Bonchev–Trinajstić information content (AvgIpc) is 2.64. The minimum atomic E-state index is 0. The third-order valence-electron chi connectivity index (χ3n) is 4.23. The first-order chi connectivity index (χ1) is 8.18. The van der Waals surface area contributed by atoms with Crippen molar-refractivity contribution in [2.75, 3.05) is 14.1 Å². The molecule has 0 radical (unpaired) electrons. The van der Waals surface area contributed by atoms with Gasteiger partial charge in [0.05, 0.1) is 0 Å². The Hall–Kier alpha value is -0.990. The van der Waals surface area contributed by atoms with Crippen LogP contribution in [0.25, 0.3) is 10.9 Å². The number of aromatic nitrogens is 1. The summed E-state index contributed by atoms with van der Waals surface area (Å²) >= 11 is 0. The van der Waals surface area contributed by atoms with Crippen molar-refractivity contribution in [3.63, 3.8) is 0 Å². The van der Waals surface area contributed by atoms with Crippen molar-refractivity contribution in [3.05, 3.63) is 35.5 Å². The number of hydrogen-bond donors (Lipinski definition) is 0. The van der Waals surface area contributed by atoms with Crippen LogP contribution in [-0.4, -0.2) is 29.6 Å². The summed E-state index contributed by atoms with van der Waals surface area (Å²) in [6.07, 6.45) is 3.69. The molecule has 0 saturated heterocycles. The van der Waals surface area contributed by atoms with Gasteiger partial charge in [-0.1, -0.05) is 18.2 Å². The third kappa shape index (κ3) is 1.94. The van der Waals surface area contributed by atoms with Gasteiger partial charge in [0.15, 0.2) is 0 Å². The van der Waals surface area contributed by atoms with E-state index >= 15 is 0 Å². The number of nitrogens with zero attached hydrogens (tertiary/aromatic N) is 2. The molecule has 3 rings (SSSR count). The maximum absolute atomic E-state index is 2.39. The molecule has 0 aliphatic heterocycles. The number of aryl methyl sites for hydroxylation is 1. The summed E-state index contributed by atoms with van der Waals surface area (Å²) in [6, 6.07) is 9.50. The second kappa shape index (κ2) is 4.94. The van der Waals surface area contributed by atoms with Crippen LogP contribution >= 0.6 is 12.4 Å². The number of halogens is 1. The first-order valence-corrected chi connectivity index (χ1v) is 6.40. The van der Waals surface area contributed by atoms with Crippen LogP contribution in [0, 0.1) is 0 Å². The van der Waals surface area contributed by atoms with Gasteiger partial charge >= 0.3 is 0 Å². The molecule has 0 saturated carbocycles. The largest absolute Gasteiger partial charge is 0.347 e. The quantitative estimate of drug-likeness (QED) is 0.769. The number of benzene rings is 1. The molecule has 0 fully saturated rings. The van der Waals surface area contributed by atoms with E-state index in [9.17, 15) is 0 Å². The molecule has 1 heterocycles. The van der Waals surface area contributed by atoms with Gasteiger partial charge in [0, 0.05) is 29.7 Å². The molecule has 2 aromatic rings. The highest BCUT2D eigenvalue weighted by atomic mass is 35.5. The average molecular weight is 265 g/mol. The Balaban J connectivity index is 0.00000120.